The Morgan fingerprint density at radius 3 is 2.73 bits per heavy atom. The van der Waals surface area contributed by atoms with Crippen LogP contribution in [0.15, 0.2) is 23.1 Å². The number of carbonyl (C=O) groups is 1. The maximum atomic E-state index is 12.3. The molecular formula is C15H23N3O3S. The molecule has 1 saturated heterocycles. The molecule has 1 atom stereocenters. The topological polar surface area (TPSA) is 78.5 Å². The summed E-state index contributed by atoms with van der Waals surface area (Å²) in [7, 11) is -0.530. The van der Waals surface area contributed by atoms with Crippen LogP contribution in [0.25, 0.3) is 0 Å². The molecule has 1 aromatic carbocycles. The molecule has 1 aliphatic rings. The first kappa shape index (κ1) is 16.9. The minimum absolute atomic E-state index is 0.0780. The lowest BCUT2D eigenvalue weighted by Crippen LogP contribution is -2.23. The summed E-state index contributed by atoms with van der Waals surface area (Å²) < 4.78 is 25.7. The van der Waals surface area contributed by atoms with Crippen LogP contribution in [0, 0.1) is 12.8 Å². The van der Waals surface area contributed by atoms with Crippen LogP contribution in [-0.4, -0.2) is 45.8 Å². The van der Waals surface area contributed by atoms with E-state index in [-0.39, 0.29) is 10.8 Å². The van der Waals surface area contributed by atoms with E-state index in [1.54, 1.807) is 19.1 Å². The largest absolute Gasteiger partial charge is 0.326 e. The first-order valence-corrected chi connectivity index (χ1v) is 8.78. The number of hydrogen-bond acceptors (Lipinski definition) is 4. The van der Waals surface area contributed by atoms with Crippen LogP contribution < -0.4 is 10.6 Å². The maximum absolute atomic E-state index is 12.3. The van der Waals surface area contributed by atoms with Crippen molar-refractivity contribution in [2.24, 2.45) is 5.92 Å². The van der Waals surface area contributed by atoms with Crippen LogP contribution in [-0.2, 0) is 14.8 Å². The summed E-state index contributed by atoms with van der Waals surface area (Å²) in [6, 6.07) is 4.97. The summed E-state index contributed by atoms with van der Waals surface area (Å²) in [4.78, 5) is 12.3. The van der Waals surface area contributed by atoms with E-state index >= 15 is 0 Å². The second kappa shape index (κ2) is 6.76. The minimum Gasteiger partial charge on any atom is -0.326 e. The molecule has 1 heterocycles. The van der Waals surface area contributed by atoms with Gasteiger partial charge in [-0.3, -0.25) is 4.79 Å². The molecule has 122 valence electrons. The molecule has 0 radical (unpaired) electrons. The highest BCUT2D eigenvalue weighted by Gasteiger charge is 2.21. The Morgan fingerprint density at radius 2 is 2.14 bits per heavy atom. The lowest BCUT2D eigenvalue weighted by molar-refractivity contribution is -0.116. The first-order chi connectivity index (χ1) is 10.3. The predicted octanol–water partition coefficient (Wildman–Crippen LogP) is 1.18. The monoisotopic (exact) mass is 325 g/mol. The predicted molar refractivity (Wildman–Crippen MR) is 86.3 cm³/mol. The van der Waals surface area contributed by atoms with Gasteiger partial charge in [-0.05, 0) is 50.0 Å². The smallest absolute Gasteiger partial charge is 0.242 e. The van der Waals surface area contributed by atoms with Crippen molar-refractivity contribution in [1.82, 2.24) is 9.62 Å². The molecule has 0 aliphatic carbocycles. The Kier molecular flexibility index (Phi) is 5.20. The second-order valence-corrected chi connectivity index (χ2v) is 8.00. The van der Waals surface area contributed by atoms with Crippen molar-refractivity contribution >= 4 is 21.6 Å². The molecule has 0 saturated carbocycles. The molecule has 2 N–H and O–H groups in total. The van der Waals surface area contributed by atoms with Crippen LogP contribution in [0.2, 0.25) is 0 Å². The molecule has 0 bridgehead atoms. The molecule has 1 aromatic rings. The van der Waals surface area contributed by atoms with Crippen LogP contribution in [0.4, 0.5) is 5.69 Å². The number of anilines is 1. The number of nitrogens with zero attached hydrogens (tertiary/aromatic N) is 1. The quantitative estimate of drug-likeness (QED) is 0.852. The van der Waals surface area contributed by atoms with E-state index in [9.17, 15) is 13.2 Å². The van der Waals surface area contributed by atoms with Crippen molar-refractivity contribution in [2.75, 3.05) is 32.5 Å². The fourth-order valence-corrected chi connectivity index (χ4v) is 3.66. The number of rotatable bonds is 5. The van der Waals surface area contributed by atoms with Gasteiger partial charge in [0, 0.05) is 26.2 Å². The van der Waals surface area contributed by atoms with Crippen LogP contribution in [0.1, 0.15) is 18.4 Å². The number of amides is 1. The molecule has 2 rings (SSSR count). The Balaban J connectivity index is 2.14. The molecule has 1 unspecified atom stereocenters. The number of carbonyl (C=O) groups excluding carboxylic acids is 1. The summed E-state index contributed by atoms with van der Waals surface area (Å²) >= 11 is 0. The third-order valence-corrected chi connectivity index (χ3v) is 5.82. The fourth-order valence-electron chi connectivity index (χ4n) is 2.52. The van der Waals surface area contributed by atoms with Gasteiger partial charge in [0.05, 0.1) is 4.90 Å². The lowest BCUT2D eigenvalue weighted by Gasteiger charge is -2.15. The fraction of sp³-hybridized carbons (Fsp3) is 0.533. The van der Waals surface area contributed by atoms with Gasteiger partial charge in [0.1, 0.15) is 0 Å². The van der Waals surface area contributed by atoms with E-state index in [1.807, 2.05) is 0 Å². The molecule has 7 heteroatoms. The molecule has 1 amide bonds. The van der Waals surface area contributed by atoms with Crippen LogP contribution in [0.5, 0.6) is 0 Å². The zero-order valence-corrected chi connectivity index (χ0v) is 14.0. The van der Waals surface area contributed by atoms with Crippen molar-refractivity contribution in [1.29, 1.82) is 0 Å². The molecule has 1 fully saturated rings. The zero-order valence-electron chi connectivity index (χ0n) is 13.2. The van der Waals surface area contributed by atoms with Gasteiger partial charge in [0.15, 0.2) is 0 Å². The molecule has 22 heavy (non-hydrogen) atoms. The van der Waals surface area contributed by atoms with Gasteiger partial charge in [0.2, 0.25) is 15.9 Å². The number of aryl methyl sites for hydroxylation is 1. The summed E-state index contributed by atoms with van der Waals surface area (Å²) in [5.74, 6) is 0.279. The molecule has 0 aromatic heterocycles. The highest BCUT2D eigenvalue weighted by Crippen LogP contribution is 2.23. The van der Waals surface area contributed by atoms with Crippen LogP contribution >= 0.6 is 0 Å². The Bertz CT molecular complexity index is 650. The third-order valence-electron chi connectivity index (χ3n) is 3.87. The number of hydrogen-bond donors (Lipinski definition) is 2. The van der Waals surface area contributed by atoms with Gasteiger partial charge >= 0.3 is 0 Å². The molecule has 0 spiro atoms. The maximum Gasteiger partial charge on any atom is 0.242 e. The summed E-state index contributed by atoms with van der Waals surface area (Å²) in [5.41, 5.74) is 1.17. The van der Waals surface area contributed by atoms with E-state index in [0.717, 1.165) is 19.5 Å². The van der Waals surface area contributed by atoms with Crippen molar-refractivity contribution in [2.45, 2.75) is 24.7 Å². The van der Waals surface area contributed by atoms with E-state index in [4.69, 9.17) is 0 Å². The summed E-state index contributed by atoms with van der Waals surface area (Å²) in [6.45, 7) is 3.56. The normalized spacial score (nSPS) is 18.6. The Hall–Kier alpha value is -1.44. The minimum atomic E-state index is -3.52. The van der Waals surface area contributed by atoms with E-state index < -0.39 is 10.0 Å². The van der Waals surface area contributed by atoms with Gasteiger partial charge in [-0.1, -0.05) is 6.07 Å². The van der Waals surface area contributed by atoms with Gasteiger partial charge in [-0.25, -0.2) is 12.7 Å². The van der Waals surface area contributed by atoms with Gasteiger partial charge in [-0.2, -0.15) is 0 Å². The van der Waals surface area contributed by atoms with Gasteiger partial charge < -0.3 is 10.6 Å². The van der Waals surface area contributed by atoms with Crippen molar-refractivity contribution < 1.29 is 13.2 Å². The van der Waals surface area contributed by atoms with Crippen molar-refractivity contribution in [3.8, 4) is 0 Å². The molecule has 1 aliphatic heterocycles. The summed E-state index contributed by atoms with van der Waals surface area (Å²) in [6.07, 6.45) is 1.46. The van der Waals surface area contributed by atoms with E-state index in [2.05, 4.69) is 10.6 Å². The number of sulfonamides is 1. The average molecular weight is 325 g/mol. The number of nitrogens with one attached hydrogen (secondary N) is 2. The summed E-state index contributed by atoms with van der Waals surface area (Å²) in [5, 5.41) is 6.02. The first-order valence-electron chi connectivity index (χ1n) is 7.34. The average Bonchev–Trinajstić information content (AvgIpc) is 2.93. The zero-order chi connectivity index (χ0) is 16.3. The SMILES string of the molecule is Cc1ccc(NC(=O)CC2CCNC2)cc1S(=O)(=O)N(C)C. The van der Waals surface area contributed by atoms with Crippen LogP contribution in [0.3, 0.4) is 0 Å². The van der Waals surface area contributed by atoms with Gasteiger partial charge in [0.25, 0.3) is 0 Å². The molecular weight excluding hydrogens is 302 g/mol. The van der Waals surface area contributed by atoms with Gasteiger partial charge in [-0.15, -0.1) is 0 Å². The lowest BCUT2D eigenvalue weighted by atomic mass is 10.0. The standard InChI is InChI=1S/C15H23N3O3S/c1-11-4-5-13(9-14(11)22(20,21)18(2)3)17-15(19)8-12-6-7-16-10-12/h4-5,9,12,16H,6-8,10H2,1-3H3,(H,17,19). The molecule has 6 nitrogen and oxygen atoms in total. The van der Waals surface area contributed by atoms with E-state index in [0.29, 0.717) is 23.6 Å². The third kappa shape index (κ3) is 3.85. The van der Waals surface area contributed by atoms with Crippen molar-refractivity contribution in [3.05, 3.63) is 23.8 Å². The highest BCUT2D eigenvalue weighted by molar-refractivity contribution is 7.89. The Labute approximate surface area is 131 Å². The Morgan fingerprint density at radius 1 is 1.41 bits per heavy atom. The highest BCUT2D eigenvalue weighted by atomic mass is 32.2. The number of benzene rings is 1. The second-order valence-electron chi connectivity index (χ2n) is 5.88. The van der Waals surface area contributed by atoms with Crippen molar-refractivity contribution in [3.63, 3.8) is 0 Å². The van der Waals surface area contributed by atoms with E-state index in [1.165, 1.54) is 24.5 Å².